The fraction of sp³-hybridized carbons (Fsp3) is 0.176. The van der Waals surface area contributed by atoms with Crippen LogP contribution in [0.4, 0.5) is 4.39 Å². The zero-order chi connectivity index (χ0) is 16.7. The van der Waals surface area contributed by atoms with Gasteiger partial charge in [-0.25, -0.2) is 9.82 Å². The van der Waals surface area contributed by atoms with Crippen LogP contribution in [0.2, 0.25) is 0 Å². The first-order valence-corrected chi connectivity index (χ1v) is 7.86. The van der Waals surface area contributed by atoms with Gasteiger partial charge in [-0.2, -0.15) is 5.10 Å². The van der Waals surface area contributed by atoms with E-state index in [0.29, 0.717) is 12.4 Å². The zero-order valence-corrected chi connectivity index (χ0v) is 14.1. The Morgan fingerprint density at radius 3 is 2.74 bits per heavy atom. The molecule has 0 saturated heterocycles. The predicted molar refractivity (Wildman–Crippen MR) is 91.2 cm³/mol. The average molecular weight is 379 g/mol. The van der Waals surface area contributed by atoms with Gasteiger partial charge in [0.15, 0.2) is 0 Å². The first kappa shape index (κ1) is 17.1. The largest absolute Gasteiger partial charge is 0.493 e. The molecule has 1 amide bonds. The smallest absolute Gasteiger partial charge is 0.244 e. The van der Waals surface area contributed by atoms with Crippen molar-refractivity contribution in [3.05, 3.63) is 63.9 Å². The molecule has 0 fully saturated rings. The van der Waals surface area contributed by atoms with Crippen LogP contribution in [0.1, 0.15) is 18.1 Å². The molecule has 0 bridgehead atoms. The standard InChI is InChI=1S/C17H16BrFN2O2/c1-2-23-16-8-5-14(18)10-13(16)11-20-21-17(22)9-12-3-6-15(19)7-4-12/h3-8,10-11H,2,9H2,1H3,(H,21,22)/b20-11+. The molecule has 0 radical (unpaired) electrons. The van der Waals surface area contributed by atoms with E-state index in [0.717, 1.165) is 15.6 Å². The van der Waals surface area contributed by atoms with Crippen molar-refractivity contribution in [3.8, 4) is 5.75 Å². The molecule has 0 spiro atoms. The number of nitrogens with zero attached hydrogens (tertiary/aromatic N) is 1. The molecule has 120 valence electrons. The van der Waals surface area contributed by atoms with E-state index in [1.807, 2.05) is 25.1 Å². The second-order valence-corrected chi connectivity index (χ2v) is 5.63. The van der Waals surface area contributed by atoms with Crippen LogP contribution in [0, 0.1) is 5.82 Å². The number of rotatable bonds is 6. The summed E-state index contributed by atoms with van der Waals surface area (Å²) in [7, 11) is 0. The van der Waals surface area contributed by atoms with Gasteiger partial charge in [-0.15, -0.1) is 0 Å². The maximum Gasteiger partial charge on any atom is 0.244 e. The Morgan fingerprint density at radius 2 is 2.04 bits per heavy atom. The van der Waals surface area contributed by atoms with Crippen LogP contribution < -0.4 is 10.2 Å². The van der Waals surface area contributed by atoms with Gasteiger partial charge in [0.1, 0.15) is 11.6 Å². The molecule has 0 unspecified atom stereocenters. The lowest BCUT2D eigenvalue weighted by Gasteiger charge is -2.07. The summed E-state index contributed by atoms with van der Waals surface area (Å²) in [5, 5.41) is 3.94. The van der Waals surface area contributed by atoms with Gasteiger partial charge < -0.3 is 4.74 Å². The molecule has 2 aromatic rings. The minimum Gasteiger partial charge on any atom is -0.493 e. The van der Waals surface area contributed by atoms with Gasteiger partial charge >= 0.3 is 0 Å². The van der Waals surface area contributed by atoms with Crippen molar-refractivity contribution in [1.82, 2.24) is 5.43 Å². The van der Waals surface area contributed by atoms with E-state index in [9.17, 15) is 9.18 Å². The SMILES string of the molecule is CCOc1ccc(Br)cc1/C=N/NC(=O)Cc1ccc(F)cc1. The Bertz CT molecular complexity index is 702. The third kappa shape index (κ3) is 5.49. The molecule has 1 N–H and O–H groups in total. The Hall–Kier alpha value is -2.21. The monoisotopic (exact) mass is 378 g/mol. The molecule has 0 aromatic heterocycles. The number of carbonyl (C=O) groups is 1. The third-order valence-electron chi connectivity index (χ3n) is 2.94. The summed E-state index contributed by atoms with van der Waals surface area (Å²) in [6.45, 7) is 2.44. The Balaban J connectivity index is 1.97. The van der Waals surface area contributed by atoms with Crippen LogP contribution in [0.15, 0.2) is 52.0 Å². The second kappa shape index (κ2) is 8.43. The predicted octanol–water partition coefficient (Wildman–Crippen LogP) is 3.68. The first-order chi connectivity index (χ1) is 11.1. The number of benzene rings is 2. The van der Waals surface area contributed by atoms with E-state index in [1.54, 1.807) is 12.1 Å². The third-order valence-corrected chi connectivity index (χ3v) is 3.44. The molecule has 0 aliphatic heterocycles. The fourth-order valence-electron chi connectivity index (χ4n) is 1.91. The molecule has 2 aromatic carbocycles. The van der Waals surface area contributed by atoms with Crippen LogP contribution in [0.5, 0.6) is 5.75 Å². The topological polar surface area (TPSA) is 50.7 Å². The highest BCUT2D eigenvalue weighted by molar-refractivity contribution is 9.10. The summed E-state index contributed by atoms with van der Waals surface area (Å²) in [4.78, 5) is 11.8. The number of amides is 1. The first-order valence-electron chi connectivity index (χ1n) is 7.07. The minimum absolute atomic E-state index is 0.133. The number of carbonyl (C=O) groups excluding carboxylic acids is 1. The average Bonchev–Trinajstić information content (AvgIpc) is 2.52. The number of hydrogen-bond donors (Lipinski definition) is 1. The number of hydrazone groups is 1. The summed E-state index contributed by atoms with van der Waals surface area (Å²) in [5.74, 6) is 0.0818. The van der Waals surface area contributed by atoms with Crippen LogP contribution in [0.3, 0.4) is 0 Å². The molecule has 0 aliphatic rings. The van der Waals surface area contributed by atoms with E-state index in [1.165, 1.54) is 18.3 Å². The van der Waals surface area contributed by atoms with Crippen LogP contribution in [0.25, 0.3) is 0 Å². The summed E-state index contributed by atoms with van der Waals surface area (Å²) >= 11 is 3.38. The van der Waals surface area contributed by atoms with E-state index >= 15 is 0 Å². The van der Waals surface area contributed by atoms with Gasteiger partial charge in [-0.1, -0.05) is 28.1 Å². The number of halogens is 2. The van der Waals surface area contributed by atoms with Crippen molar-refractivity contribution in [2.45, 2.75) is 13.3 Å². The van der Waals surface area contributed by atoms with Crippen LogP contribution >= 0.6 is 15.9 Å². The normalized spacial score (nSPS) is 10.7. The van der Waals surface area contributed by atoms with Gasteiger partial charge in [0.2, 0.25) is 5.91 Å². The molecular formula is C17H16BrFN2O2. The van der Waals surface area contributed by atoms with Gasteiger partial charge in [-0.05, 0) is 42.8 Å². The Labute approximate surface area is 142 Å². The summed E-state index contributed by atoms with van der Waals surface area (Å²) in [6, 6.07) is 11.3. The molecule has 0 heterocycles. The second-order valence-electron chi connectivity index (χ2n) is 4.71. The number of ether oxygens (including phenoxy) is 1. The highest BCUT2D eigenvalue weighted by Crippen LogP contribution is 2.21. The Kier molecular flexibility index (Phi) is 6.29. The van der Waals surface area contributed by atoms with Crippen molar-refractivity contribution < 1.29 is 13.9 Å². The quantitative estimate of drug-likeness (QED) is 0.615. The Morgan fingerprint density at radius 1 is 1.30 bits per heavy atom. The van der Waals surface area contributed by atoms with E-state index < -0.39 is 0 Å². The summed E-state index contributed by atoms with van der Waals surface area (Å²) in [5.41, 5.74) is 3.92. The van der Waals surface area contributed by atoms with Gasteiger partial charge in [0.25, 0.3) is 0 Å². The van der Waals surface area contributed by atoms with Gasteiger partial charge in [0.05, 0.1) is 19.2 Å². The van der Waals surface area contributed by atoms with Crippen LogP contribution in [-0.2, 0) is 11.2 Å². The number of nitrogens with one attached hydrogen (secondary N) is 1. The molecule has 23 heavy (non-hydrogen) atoms. The lowest BCUT2D eigenvalue weighted by atomic mass is 10.1. The maximum absolute atomic E-state index is 12.8. The highest BCUT2D eigenvalue weighted by Gasteiger charge is 2.04. The van der Waals surface area contributed by atoms with Crippen molar-refractivity contribution in [2.75, 3.05) is 6.61 Å². The van der Waals surface area contributed by atoms with E-state index in [-0.39, 0.29) is 18.1 Å². The van der Waals surface area contributed by atoms with Gasteiger partial charge in [0, 0.05) is 10.0 Å². The molecule has 6 heteroatoms. The van der Waals surface area contributed by atoms with Crippen molar-refractivity contribution in [2.24, 2.45) is 5.10 Å². The number of hydrogen-bond acceptors (Lipinski definition) is 3. The lowest BCUT2D eigenvalue weighted by molar-refractivity contribution is -0.120. The summed E-state index contributed by atoms with van der Waals surface area (Å²) < 4.78 is 19.2. The summed E-state index contributed by atoms with van der Waals surface area (Å²) in [6.07, 6.45) is 1.66. The maximum atomic E-state index is 12.8. The minimum atomic E-state index is -0.328. The lowest BCUT2D eigenvalue weighted by Crippen LogP contribution is -2.19. The molecule has 2 rings (SSSR count). The molecular weight excluding hydrogens is 363 g/mol. The van der Waals surface area contributed by atoms with E-state index in [4.69, 9.17) is 4.74 Å². The van der Waals surface area contributed by atoms with Crippen molar-refractivity contribution in [3.63, 3.8) is 0 Å². The van der Waals surface area contributed by atoms with Crippen LogP contribution in [-0.4, -0.2) is 18.7 Å². The molecule has 0 aliphatic carbocycles. The molecule has 4 nitrogen and oxygen atoms in total. The fourth-order valence-corrected chi connectivity index (χ4v) is 2.29. The highest BCUT2D eigenvalue weighted by atomic mass is 79.9. The molecule has 0 atom stereocenters. The van der Waals surface area contributed by atoms with Crippen molar-refractivity contribution >= 4 is 28.1 Å². The zero-order valence-electron chi connectivity index (χ0n) is 12.6. The van der Waals surface area contributed by atoms with E-state index in [2.05, 4.69) is 26.5 Å². The van der Waals surface area contributed by atoms with Crippen molar-refractivity contribution in [1.29, 1.82) is 0 Å². The van der Waals surface area contributed by atoms with Gasteiger partial charge in [-0.3, -0.25) is 4.79 Å². The molecule has 0 saturated carbocycles.